The zero-order valence-corrected chi connectivity index (χ0v) is 10.0. The molecule has 0 aromatic carbocycles. The quantitative estimate of drug-likeness (QED) is 0.585. The summed E-state index contributed by atoms with van der Waals surface area (Å²) in [5, 5.41) is 10.3. The summed E-state index contributed by atoms with van der Waals surface area (Å²) in [6.07, 6.45) is -0.281. The van der Waals surface area contributed by atoms with Gasteiger partial charge in [0.05, 0.1) is 6.10 Å². The van der Waals surface area contributed by atoms with Gasteiger partial charge in [-0.3, -0.25) is 0 Å². The van der Waals surface area contributed by atoms with E-state index in [1.807, 2.05) is 0 Å². The number of hydrogen-bond acceptors (Lipinski definition) is 1. The Hall–Kier alpha value is -0.560. The first kappa shape index (κ1) is 9.97. The summed E-state index contributed by atoms with van der Waals surface area (Å²) in [5.74, 6) is 0. The highest BCUT2D eigenvalue weighted by molar-refractivity contribution is 5.56. The van der Waals surface area contributed by atoms with Crippen LogP contribution in [0.15, 0.2) is 22.3 Å². The molecular weight excluding hydrogens is 172 g/mol. The molecule has 0 saturated heterocycles. The van der Waals surface area contributed by atoms with Crippen molar-refractivity contribution in [2.24, 2.45) is 10.8 Å². The lowest BCUT2D eigenvalue weighted by Crippen LogP contribution is -2.51. The molecule has 3 atom stereocenters. The average Bonchev–Trinajstić information content (AvgIpc) is 2.30. The molecule has 78 valence electrons. The van der Waals surface area contributed by atoms with Crippen LogP contribution in [0, 0.1) is 10.8 Å². The molecule has 0 radical (unpaired) electrons. The Morgan fingerprint density at radius 2 is 1.43 bits per heavy atom. The van der Waals surface area contributed by atoms with Crippen molar-refractivity contribution in [3.63, 3.8) is 0 Å². The van der Waals surface area contributed by atoms with Gasteiger partial charge < -0.3 is 5.11 Å². The third-order valence-electron chi connectivity index (χ3n) is 5.43. The third kappa shape index (κ3) is 0.631. The van der Waals surface area contributed by atoms with Crippen LogP contribution in [-0.2, 0) is 0 Å². The van der Waals surface area contributed by atoms with Crippen LogP contribution in [0.2, 0.25) is 0 Å². The maximum absolute atomic E-state index is 10.3. The molecule has 0 aromatic heterocycles. The molecule has 3 unspecified atom stereocenters. The summed E-state index contributed by atoms with van der Waals surface area (Å²) in [6.45, 7) is 13.1. The topological polar surface area (TPSA) is 20.2 Å². The van der Waals surface area contributed by atoms with Crippen LogP contribution in [0.5, 0.6) is 0 Å². The summed E-state index contributed by atoms with van der Waals surface area (Å²) in [7, 11) is 0. The van der Waals surface area contributed by atoms with Crippen LogP contribution in [0.25, 0.3) is 0 Å². The van der Waals surface area contributed by atoms with Crippen molar-refractivity contribution in [1.82, 2.24) is 0 Å². The van der Waals surface area contributed by atoms with Crippen molar-refractivity contribution in [3.8, 4) is 0 Å². The fourth-order valence-corrected chi connectivity index (χ4v) is 3.65. The second-order valence-corrected chi connectivity index (χ2v) is 5.29. The van der Waals surface area contributed by atoms with Gasteiger partial charge in [-0.05, 0) is 33.3 Å². The molecule has 1 heteroatoms. The highest BCUT2D eigenvalue weighted by atomic mass is 16.3. The summed E-state index contributed by atoms with van der Waals surface area (Å²) >= 11 is 0. The van der Waals surface area contributed by atoms with E-state index in [1.165, 1.54) is 22.3 Å². The number of rotatable bonds is 0. The number of aliphatic hydroxyl groups excluding tert-OH is 1. The standard InChI is InChI=1S/C13H20O/c1-7-8(2)12(5)9(3)10(4)13(12,6)11(7)14/h11,14H,1-6H3. The Morgan fingerprint density at radius 3 is 1.86 bits per heavy atom. The van der Waals surface area contributed by atoms with Crippen molar-refractivity contribution in [3.05, 3.63) is 22.3 Å². The average molecular weight is 192 g/mol. The Bertz CT molecular complexity index is 375. The molecule has 1 nitrogen and oxygen atoms in total. The SMILES string of the molecule is CC1=C(C)C2(C)C(C)=C(C)C2(C)C1O. The maximum atomic E-state index is 10.3. The van der Waals surface area contributed by atoms with E-state index in [1.54, 1.807) is 0 Å². The lowest BCUT2D eigenvalue weighted by molar-refractivity contribution is 0.0238. The second kappa shape index (κ2) is 2.33. The Morgan fingerprint density at radius 1 is 0.929 bits per heavy atom. The highest BCUT2D eigenvalue weighted by Gasteiger charge is 2.64. The van der Waals surface area contributed by atoms with Gasteiger partial charge in [-0.15, -0.1) is 0 Å². The monoisotopic (exact) mass is 192 g/mol. The van der Waals surface area contributed by atoms with Crippen LogP contribution < -0.4 is 0 Å². The molecule has 14 heavy (non-hydrogen) atoms. The van der Waals surface area contributed by atoms with Crippen LogP contribution in [0.4, 0.5) is 0 Å². The van der Waals surface area contributed by atoms with E-state index in [0.29, 0.717) is 0 Å². The van der Waals surface area contributed by atoms with Crippen LogP contribution in [-0.4, -0.2) is 11.2 Å². The van der Waals surface area contributed by atoms with Crippen LogP contribution >= 0.6 is 0 Å². The highest BCUT2D eigenvalue weighted by Crippen LogP contribution is 2.70. The van der Waals surface area contributed by atoms with Crippen LogP contribution in [0.3, 0.4) is 0 Å². The molecule has 2 rings (SSSR count). The summed E-state index contributed by atoms with van der Waals surface area (Å²) in [6, 6.07) is 0. The van der Waals surface area contributed by atoms with Gasteiger partial charge in [0, 0.05) is 10.8 Å². The number of aliphatic hydroxyl groups is 1. The minimum absolute atomic E-state index is 0.0365. The van der Waals surface area contributed by atoms with Gasteiger partial charge >= 0.3 is 0 Å². The Kier molecular flexibility index (Phi) is 1.66. The molecule has 0 saturated carbocycles. The molecule has 0 aliphatic heterocycles. The molecule has 0 bridgehead atoms. The van der Waals surface area contributed by atoms with E-state index in [0.717, 1.165) is 0 Å². The van der Waals surface area contributed by atoms with Gasteiger partial charge in [0.2, 0.25) is 0 Å². The molecule has 0 fully saturated rings. The zero-order chi connectivity index (χ0) is 10.9. The van der Waals surface area contributed by atoms with E-state index in [4.69, 9.17) is 0 Å². The number of allylic oxidation sites excluding steroid dienone is 2. The zero-order valence-electron chi connectivity index (χ0n) is 10.0. The maximum Gasteiger partial charge on any atom is 0.0852 e. The predicted molar refractivity (Wildman–Crippen MR) is 59.0 cm³/mol. The molecule has 0 heterocycles. The summed E-state index contributed by atoms with van der Waals surface area (Å²) in [4.78, 5) is 0. The van der Waals surface area contributed by atoms with Crippen molar-refractivity contribution in [2.75, 3.05) is 0 Å². The van der Waals surface area contributed by atoms with Crippen molar-refractivity contribution >= 4 is 0 Å². The van der Waals surface area contributed by atoms with Gasteiger partial charge in [0.1, 0.15) is 0 Å². The van der Waals surface area contributed by atoms with Crippen molar-refractivity contribution < 1.29 is 5.11 Å². The first-order valence-corrected chi connectivity index (χ1v) is 5.34. The van der Waals surface area contributed by atoms with Gasteiger partial charge in [-0.25, -0.2) is 0 Å². The van der Waals surface area contributed by atoms with Crippen molar-refractivity contribution in [2.45, 2.75) is 47.6 Å². The minimum Gasteiger partial charge on any atom is -0.388 e. The molecule has 0 spiro atoms. The lowest BCUT2D eigenvalue weighted by atomic mass is 9.48. The van der Waals surface area contributed by atoms with Crippen LogP contribution in [0.1, 0.15) is 41.5 Å². The van der Waals surface area contributed by atoms with E-state index in [9.17, 15) is 5.11 Å². The lowest BCUT2D eigenvalue weighted by Gasteiger charge is -2.56. The minimum atomic E-state index is -0.281. The smallest absolute Gasteiger partial charge is 0.0852 e. The Labute approximate surface area is 86.5 Å². The molecule has 0 amide bonds. The fourth-order valence-electron chi connectivity index (χ4n) is 3.65. The predicted octanol–water partition coefficient (Wildman–Crippen LogP) is 3.06. The normalized spacial score (nSPS) is 46.9. The van der Waals surface area contributed by atoms with Crippen molar-refractivity contribution in [1.29, 1.82) is 0 Å². The van der Waals surface area contributed by atoms with Gasteiger partial charge in [0.15, 0.2) is 0 Å². The molecule has 2 aliphatic carbocycles. The molecule has 0 aromatic rings. The van der Waals surface area contributed by atoms with E-state index in [-0.39, 0.29) is 16.9 Å². The fraction of sp³-hybridized carbons (Fsp3) is 0.692. The Balaban J connectivity index is 2.67. The number of fused-ring (bicyclic) bond motifs is 1. The summed E-state index contributed by atoms with van der Waals surface area (Å²) in [5.41, 5.74) is 5.45. The summed E-state index contributed by atoms with van der Waals surface area (Å²) < 4.78 is 0. The molecule has 1 N–H and O–H groups in total. The second-order valence-electron chi connectivity index (χ2n) is 5.29. The van der Waals surface area contributed by atoms with E-state index >= 15 is 0 Å². The third-order valence-corrected chi connectivity index (χ3v) is 5.43. The van der Waals surface area contributed by atoms with Gasteiger partial charge in [-0.1, -0.05) is 30.6 Å². The first-order valence-electron chi connectivity index (χ1n) is 5.34. The number of hydrogen-bond donors (Lipinski definition) is 1. The molecular formula is C13H20O. The van der Waals surface area contributed by atoms with Gasteiger partial charge in [-0.2, -0.15) is 0 Å². The van der Waals surface area contributed by atoms with E-state index in [2.05, 4.69) is 41.5 Å². The largest absolute Gasteiger partial charge is 0.388 e. The van der Waals surface area contributed by atoms with Gasteiger partial charge in [0.25, 0.3) is 0 Å². The molecule has 2 aliphatic rings. The van der Waals surface area contributed by atoms with E-state index < -0.39 is 0 Å². The first-order chi connectivity index (χ1) is 6.29.